The van der Waals surface area contributed by atoms with Gasteiger partial charge in [0, 0.05) is 74.6 Å². The predicted molar refractivity (Wildman–Crippen MR) is 404 cm³/mol. The van der Waals surface area contributed by atoms with Gasteiger partial charge in [0.15, 0.2) is 11.5 Å². The van der Waals surface area contributed by atoms with Crippen molar-refractivity contribution in [1.29, 1.82) is 0 Å². The van der Waals surface area contributed by atoms with Gasteiger partial charge in [0.1, 0.15) is 21.8 Å². The third kappa shape index (κ3) is 28.7. The number of ketones is 1. The number of halogens is 29. The molecule has 2 N–H and O–H groups in total. The third-order valence-electron chi connectivity index (χ3n) is 14.1. The summed E-state index contributed by atoms with van der Waals surface area (Å²) >= 11 is 42.9. The van der Waals surface area contributed by atoms with Crippen LogP contribution in [0.3, 0.4) is 0 Å². The summed E-state index contributed by atoms with van der Waals surface area (Å²) in [5.41, 5.74) is -16.2. The van der Waals surface area contributed by atoms with Crippen molar-refractivity contribution in [3.05, 3.63) is 219 Å². The normalized spacial score (nSPS) is 12.7. The van der Waals surface area contributed by atoms with Crippen LogP contribution in [0, 0.1) is 29.3 Å². The van der Waals surface area contributed by atoms with E-state index in [9.17, 15) is 97.0 Å². The van der Waals surface area contributed by atoms with Crippen molar-refractivity contribution in [3.63, 3.8) is 0 Å². The van der Waals surface area contributed by atoms with Crippen molar-refractivity contribution in [3.8, 4) is 46.0 Å². The molecule has 1 aliphatic rings. The maximum Gasteiger partial charge on any atom is 0.435 e. The number of alkyl halides is 21. The molecule has 0 saturated heterocycles. The third-order valence-corrected chi connectivity index (χ3v) is 21.7. The second-order valence-electron chi connectivity index (χ2n) is 25.5. The number of carboxylic acids is 2. The molecule has 0 radical (unpaired) electrons. The molecule has 0 spiro atoms. The zero-order valence-electron chi connectivity index (χ0n) is 58.9. The van der Waals surface area contributed by atoms with Gasteiger partial charge in [-0.25, -0.2) is 13.2 Å². The maximum absolute atomic E-state index is 14.4. The molecule has 1 aromatic heterocycles. The first kappa shape index (κ1) is 103. The van der Waals surface area contributed by atoms with Gasteiger partial charge in [-0.15, -0.1) is 17.5 Å². The minimum atomic E-state index is -6.33. The number of aromatic nitrogens is 1. The Balaban J connectivity index is 0.000000495. The molecule has 9 rings (SSSR count). The monoisotopic (exact) mass is 1960 g/mol. The van der Waals surface area contributed by atoms with E-state index in [0.29, 0.717) is 17.9 Å². The van der Waals surface area contributed by atoms with Gasteiger partial charge < -0.3 is 14.7 Å². The molecule has 0 unspecified atom stereocenters. The first-order chi connectivity index (χ1) is 50.9. The number of aliphatic carboxylic acids is 2. The van der Waals surface area contributed by atoms with Crippen molar-refractivity contribution >= 4 is 155 Å². The molecule has 1 fully saturated rings. The van der Waals surface area contributed by atoms with Gasteiger partial charge in [-0.2, -0.15) is 79.0 Å². The summed E-state index contributed by atoms with van der Waals surface area (Å²) in [6, 6.07) is 39.4. The Morgan fingerprint density at radius 2 is 0.788 bits per heavy atom. The van der Waals surface area contributed by atoms with E-state index in [0.717, 1.165) is 26.7 Å². The number of hydrogen-bond acceptors (Lipinski definition) is 5. The largest absolute Gasteiger partial charge is 0.481 e. The first-order valence-electron chi connectivity index (χ1n) is 31.2. The Hall–Kier alpha value is -5.95. The Labute approximate surface area is 694 Å². The van der Waals surface area contributed by atoms with Crippen molar-refractivity contribution in [2.45, 2.75) is 126 Å². The molecule has 1 aliphatic carbocycles. The summed E-state index contributed by atoms with van der Waals surface area (Å²) in [5.74, 6) is 0.828. The fourth-order valence-electron chi connectivity index (χ4n) is 8.67. The quantitative estimate of drug-likeness (QED) is 0.0331. The number of terminal acetylenes is 1. The van der Waals surface area contributed by atoms with E-state index in [2.05, 4.69) is 149 Å². The molecule has 7 aromatic carbocycles. The van der Waals surface area contributed by atoms with E-state index in [1.54, 1.807) is 0 Å². The average molecular weight is 1970 g/mol. The summed E-state index contributed by atoms with van der Waals surface area (Å²) in [6.45, 7) is 14.2. The molecular weight excluding hydrogens is 1910 g/mol. The molecule has 8 aromatic rings. The summed E-state index contributed by atoms with van der Waals surface area (Å²) in [6.07, 6.45) is -30.1. The predicted octanol–water partition coefficient (Wildman–Crippen LogP) is 26.9. The molecule has 1 saturated carbocycles. The number of carbonyl (C=O) groups is 3. The van der Waals surface area contributed by atoms with Crippen LogP contribution in [0.4, 0.5) is 92.2 Å². The average Bonchev–Trinajstić information content (AvgIpc) is 1.31. The first-order valence-corrected chi connectivity index (χ1v) is 43.0. The summed E-state index contributed by atoms with van der Waals surface area (Å²) < 4.78 is 277. The van der Waals surface area contributed by atoms with Crippen molar-refractivity contribution in [2.75, 3.05) is 0 Å². The number of carboxylic acid groups (broad SMARTS) is 2. The van der Waals surface area contributed by atoms with Gasteiger partial charge in [-0.1, -0.05) is 229 Å². The number of carbonyl (C=O) groups excluding carboxylic acids is 1. The van der Waals surface area contributed by atoms with Crippen molar-refractivity contribution in [1.82, 2.24) is 5.16 Å². The van der Waals surface area contributed by atoms with Crippen LogP contribution in [0.5, 0.6) is 0 Å². The molecule has 0 aliphatic heterocycles. The van der Waals surface area contributed by atoms with Crippen molar-refractivity contribution < 1.29 is 142 Å². The SMILES string of the molecule is C#C[Si](C)(C)C.CC(=O)O.CC(=O)O.C[Si](C)(C)C#Cc1c(Cl)cc(C(F)(C(F)(F)F)C(F)(F)F)cc1Cl.FC(F)(F)C(F)(c1cc(Cl)c(Br)c(Cl)c1)C(F)(F)F.O=C(CC1CC1)c1cc(-c2cc(-c3c(Cl)cc(C(F)(C(F)(F)F)C(F)(F)F)cc3Cl)on2)ccc1Cl.[Pd].c1ccc(P(c2ccccc2)c2ccccc2)cc1. The molecule has 1 heterocycles. The van der Waals surface area contributed by atoms with Crippen molar-refractivity contribution in [2.24, 2.45) is 5.92 Å². The minimum absolute atomic E-state index is 0. The van der Waals surface area contributed by atoms with Crippen LogP contribution in [0.15, 0.2) is 161 Å². The fraction of sp³-hybridized carbons (Fsp3) is 0.288. The van der Waals surface area contributed by atoms with Crippen LogP contribution in [-0.2, 0) is 47.0 Å². The zero-order valence-corrected chi connectivity index (χ0v) is 70.2. The smallest absolute Gasteiger partial charge is 0.435 e. The van der Waals surface area contributed by atoms with Gasteiger partial charge >= 0.3 is 54.1 Å². The van der Waals surface area contributed by atoms with Crippen LogP contribution < -0.4 is 15.9 Å². The molecule has 618 valence electrons. The van der Waals surface area contributed by atoms with Gasteiger partial charge in [-0.3, -0.25) is 14.4 Å². The summed E-state index contributed by atoms with van der Waals surface area (Å²) in [7, 11) is -3.46. The van der Waals surface area contributed by atoms with Crippen LogP contribution in [0.2, 0.25) is 74.4 Å². The molecule has 0 atom stereocenters. The molecule has 7 nitrogen and oxygen atoms in total. The molecular formula is C73H59BrCl7F21NO6PPdSi2. The number of benzene rings is 7. The number of nitrogens with zero attached hydrogens (tertiary/aromatic N) is 1. The van der Waals surface area contributed by atoms with Crippen LogP contribution in [-0.4, -0.2) is 86.3 Å². The van der Waals surface area contributed by atoms with Gasteiger partial charge in [0.25, 0.3) is 11.9 Å². The van der Waals surface area contributed by atoms with E-state index < -0.39 is 137 Å². The van der Waals surface area contributed by atoms with E-state index in [1.165, 1.54) is 40.2 Å². The molecule has 113 heavy (non-hydrogen) atoms. The number of Topliss-reactive ketones (excluding diaryl/α,β-unsaturated/α-hetero) is 1. The Bertz CT molecular complexity index is 4440. The zero-order chi connectivity index (χ0) is 86.3. The molecule has 0 bridgehead atoms. The van der Waals surface area contributed by atoms with Gasteiger partial charge in [0.05, 0.1) is 50.8 Å². The second kappa shape index (κ2) is 41.4. The molecule has 40 heteroatoms. The molecule has 0 amide bonds. The maximum atomic E-state index is 14.4. The fourth-order valence-corrected chi connectivity index (χ4v) is 13.7. The van der Waals surface area contributed by atoms with E-state index in [1.807, 2.05) is 19.6 Å². The van der Waals surface area contributed by atoms with Crippen LogP contribution >= 0.6 is 105 Å². The van der Waals surface area contributed by atoms with Gasteiger partial charge in [0.2, 0.25) is 0 Å². The standard InChI is InChI=1S/C23H13Cl3F7NO2.C18H15P.C14H11Cl2F7Si.C9H2BrCl2F7.C5H10Si.2C2H4O2.Pd/c24-14-4-3-11(6-13(14)18(35)5-10-1-2-10)17-9-19(36-34-17)20-15(25)7-12(8-16(20)26)21(27,22(28,29)30)23(31,32)33;1-4-10-16(11-5-1)19(17-12-6-2-7-13-17)18-14-8-3-9-15-18;1-24(2,3)5-4-9-10(15)6-8(7-11(9)16)12(17,13(18,19)20)14(21,22)23;10-6-4(11)1-3(2-5(6)12)7(13,8(14,15)16)9(17,18)19;1-5-6(2,3)4;2*1-2(3)4;/h3-4,6-10H,1-2,5H2;1-15H;6-7H,1-3H3;1-2H;1H,2-4H3;2*1H3,(H,3,4);. The van der Waals surface area contributed by atoms with E-state index in [4.69, 9.17) is 112 Å². The Morgan fingerprint density at radius 3 is 1.07 bits per heavy atom. The summed E-state index contributed by atoms with van der Waals surface area (Å²) in [4.78, 5) is 30.5. The van der Waals surface area contributed by atoms with Crippen LogP contribution in [0.25, 0.3) is 22.6 Å². The summed E-state index contributed by atoms with van der Waals surface area (Å²) in [5, 5.41) is 19.3. The van der Waals surface area contributed by atoms with Gasteiger partial charge in [-0.05, 0) is 107 Å². The topological polar surface area (TPSA) is 118 Å². The van der Waals surface area contributed by atoms with Crippen LogP contribution in [0.1, 0.15) is 65.7 Å². The number of hydrogen-bond donors (Lipinski definition) is 2. The minimum Gasteiger partial charge on any atom is -0.481 e. The number of rotatable bonds is 11. The second-order valence-corrected chi connectivity index (χ2v) is 40.9. The Morgan fingerprint density at radius 1 is 0.487 bits per heavy atom. The van der Waals surface area contributed by atoms with E-state index in [-0.39, 0.29) is 100 Å². The Kier molecular flexibility index (Phi) is 37.8. The van der Waals surface area contributed by atoms with E-state index >= 15 is 0 Å².